The summed E-state index contributed by atoms with van der Waals surface area (Å²) in [4.78, 5) is 0. The molecule has 2 heteroatoms. The van der Waals surface area contributed by atoms with Gasteiger partial charge in [-0.15, -0.1) is 0 Å². The van der Waals surface area contributed by atoms with Crippen LogP contribution in [0.1, 0.15) is 24.3 Å². The van der Waals surface area contributed by atoms with Gasteiger partial charge in [0, 0.05) is 5.69 Å². The number of nitrogen functional groups attached to an aromatic ring is 1. The molecule has 0 radical (unpaired) electrons. The first-order valence-electron chi connectivity index (χ1n) is 4.24. The maximum atomic E-state index is 5.83. The monoisotopic (exact) mass is 163 g/mol. The van der Waals surface area contributed by atoms with E-state index in [0.29, 0.717) is 5.92 Å². The van der Waals surface area contributed by atoms with Crippen LogP contribution in [0, 0.1) is 0 Å². The van der Waals surface area contributed by atoms with Crippen molar-refractivity contribution in [3.05, 3.63) is 23.8 Å². The van der Waals surface area contributed by atoms with Crippen molar-refractivity contribution in [2.24, 2.45) is 0 Å². The van der Waals surface area contributed by atoms with Crippen LogP contribution in [0.2, 0.25) is 0 Å². The molecule has 0 spiro atoms. The number of hydrogen-bond acceptors (Lipinski definition) is 2. The van der Waals surface area contributed by atoms with Gasteiger partial charge in [0.05, 0.1) is 7.11 Å². The highest BCUT2D eigenvalue weighted by Crippen LogP contribution is 2.43. The van der Waals surface area contributed by atoms with E-state index in [9.17, 15) is 0 Å². The number of hydrogen-bond donors (Lipinski definition) is 1. The quantitative estimate of drug-likeness (QED) is 0.678. The fraction of sp³-hybridized carbons (Fsp3) is 0.400. The zero-order chi connectivity index (χ0) is 8.55. The van der Waals surface area contributed by atoms with Crippen molar-refractivity contribution >= 4 is 5.69 Å². The van der Waals surface area contributed by atoms with Crippen molar-refractivity contribution in [3.63, 3.8) is 0 Å². The summed E-state index contributed by atoms with van der Waals surface area (Å²) in [6, 6.07) is 5.88. The SMILES string of the molecule is COc1ccc(N)c(C2CC2)c1. The Morgan fingerprint density at radius 2 is 2.17 bits per heavy atom. The molecule has 0 unspecified atom stereocenters. The Bertz CT molecular complexity index is 292. The van der Waals surface area contributed by atoms with Gasteiger partial charge in [-0.1, -0.05) is 0 Å². The third kappa shape index (κ3) is 1.24. The van der Waals surface area contributed by atoms with E-state index in [1.54, 1.807) is 7.11 Å². The minimum absolute atomic E-state index is 0.695. The maximum absolute atomic E-state index is 5.83. The Morgan fingerprint density at radius 3 is 2.75 bits per heavy atom. The van der Waals surface area contributed by atoms with Gasteiger partial charge in [0.2, 0.25) is 0 Å². The van der Waals surface area contributed by atoms with E-state index in [-0.39, 0.29) is 0 Å². The third-order valence-electron chi connectivity index (χ3n) is 2.31. The maximum Gasteiger partial charge on any atom is 0.119 e. The summed E-state index contributed by atoms with van der Waals surface area (Å²) in [6.07, 6.45) is 2.55. The van der Waals surface area contributed by atoms with Crippen LogP contribution in [0.4, 0.5) is 5.69 Å². The van der Waals surface area contributed by atoms with E-state index >= 15 is 0 Å². The van der Waals surface area contributed by atoms with Gasteiger partial charge in [-0.3, -0.25) is 0 Å². The summed E-state index contributed by atoms with van der Waals surface area (Å²) >= 11 is 0. The molecule has 1 aromatic carbocycles. The van der Waals surface area contributed by atoms with Gasteiger partial charge in [-0.2, -0.15) is 0 Å². The first-order chi connectivity index (χ1) is 5.81. The molecule has 1 aliphatic carbocycles. The zero-order valence-corrected chi connectivity index (χ0v) is 7.21. The molecule has 64 valence electrons. The minimum Gasteiger partial charge on any atom is -0.497 e. The molecule has 1 aromatic rings. The molecule has 0 amide bonds. The van der Waals surface area contributed by atoms with Crippen molar-refractivity contribution in [3.8, 4) is 5.75 Å². The number of ether oxygens (including phenoxy) is 1. The summed E-state index contributed by atoms with van der Waals surface area (Å²) in [5.74, 6) is 1.60. The molecule has 0 aliphatic heterocycles. The van der Waals surface area contributed by atoms with E-state index < -0.39 is 0 Å². The number of methoxy groups -OCH3 is 1. The number of anilines is 1. The van der Waals surface area contributed by atoms with Crippen LogP contribution < -0.4 is 10.5 Å². The summed E-state index contributed by atoms with van der Waals surface area (Å²) in [5.41, 5.74) is 7.99. The number of nitrogens with two attached hydrogens (primary N) is 1. The van der Waals surface area contributed by atoms with Crippen molar-refractivity contribution in [2.75, 3.05) is 12.8 Å². The Hall–Kier alpha value is -1.18. The fourth-order valence-corrected chi connectivity index (χ4v) is 1.43. The van der Waals surface area contributed by atoms with Gasteiger partial charge in [0.1, 0.15) is 5.75 Å². The fourth-order valence-electron chi connectivity index (χ4n) is 1.43. The largest absolute Gasteiger partial charge is 0.497 e. The first kappa shape index (κ1) is 7.47. The lowest BCUT2D eigenvalue weighted by Gasteiger charge is -2.06. The molecule has 2 rings (SSSR count). The van der Waals surface area contributed by atoms with Crippen molar-refractivity contribution in [1.29, 1.82) is 0 Å². The van der Waals surface area contributed by atoms with Crippen LogP contribution in [0.25, 0.3) is 0 Å². The molecule has 1 fully saturated rings. The average Bonchev–Trinajstić information content (AvgIpc) is 2.88. The minimum atomic E-state index is 0.695. The van der Waals surface area contributed by atoms with Gasteiger partial charge >= 0.3 is 0 Å². The molecule has 0 saturated heterocycles. The van der Waals surface area contributed by atoms with Gasteiger partial charge < -0.3 is 10.5 Å². The highest BCUT2D eigenvalue weighted by Gasteiger charge is 2.25. The van der Waals surface area contributed by atoms with Crippen molar-refractivity contribution < 1.29 is 4.74 Å². The molecular weight excluding hydrogens is 150 g/mol. The first-order valence-corrected chi connectivity index (χ1v) is 4.24. The molecular formula is C10H13NO. The lowest BCUT2D eigenvalue weighted by atomic mass is 10.1. The molecule has 1 aliphatic rings. The Balaban J connectivity index is 2.36. The second-order valence-electron chi connectivity index (χ2n) is 3.27. The Labute approximate surface area is 72.3 Å². The lowest BCUT2D eigenvalue weighted by Crippen LogP contribution is -1.93. The molecule has 0 atom stereocenters. The van der Waals surface area contributed by atoms with Crippen LogP contribution in [0.15, 0.2) is 18.2 Å². The average molecular weight is 163 g/mol. The molecule has 0 bridgehead atoms. The smallest absolute Gasteiger partial charge is 0.119 e. The van der Waals surface area contributed by atoms with Crippen molar-refractivity contribution in [1.82, 2.24) is 0 Å². The zero-order valence-electron chi connectivity index (χ0n) is 7.21. The standard InChI is InChI=1S/C10H13NO/c1-12-8-4-5-10(11)9(6-8)7-2-3-7/h4-7H,2-3,11H2,1H3. The van der Waals surface area contributed by atoms with Crippen molar-refractivity contribution in [2.45, 2.75) is 18.8 Å². The molecule has 12 heavy (non-hydrogen) atoms. The molecule has 0 aromatic heterocycles. The summed E-state index contributed by atoms with van der Waals surface area (Å²) in [7, 11) is 1.68. The summed E-state index contributed by atoms with van der Waals surface area (Å²) in [6.45, 7) is 0. The van der Waals surface area contributed by atoms with Gasteiger partial charge in [0.25, 0.3) is 0 Å². The van der Waals surface area contributed by atoms with Crippen LogP contribution >= 0.6 is 0 Å². The van der Waals surface area contributed by atoms with Gasteiger partial charge in [0.15, 0.2) is 0 Å². The Kier molecular flexibility index (Phi) is 1.68. The van der Waals surface area contributed by atoms with E-state index in [0.717, 1.165) is 11.4 Å². The van der Waals surface area contributed by atoms with E-state index in [2.05, 4.69) is 0 Å². The summed E-state index contributed by atoms with van der Waals surface area (Å²) < 4.78 is 5.13. The number of benzene rings is 1. The second kappa shape index (κ2) is 2.70. The molecule has 0 heterocycles. The highest BCUT2D eigenvalue weighted by atomic mass is 16.5. The van der Waals surface area contributed by atoms with Gasteiger partial charge in [-0.25, -0.2) is 0 Å². The lowest BCUT2D eigenvalue weighted by molar-refractivity contribution is 0.414. The van der Waals surface area contributed by atoms with Crippen LogP contribution in [-0.2, 0) is 0 Å². The normalized spacial score (nSPS) is 16.1. The Morgan fingerprint density at radius 1 is 1.42 bits per heavy atom. The number of rotatable bonds is 2. The molecule has 1 saturated carbocycles. The highest BCUT2D eigenvalue weighted by molar-refractivity contribution is 5.53. The third-order valence-corrected chi connectivity index (χ3v) is 2.31. The van der Waals surface area contributed by atoms with Crippen LogP contribution in [0.3, 0.4) is 0 Å². The second-order valence-corrected chi connectivity index (χ2v) is 3.27. The van der Waals surface area contributed by atoms with E-state index in [4.69, 9.17) is 10.5 Å². The van der Waals surface area contributed by atoms with E-state index in [1.807, 2.05) is 18.2 Å². The molecule has 2 N–H and O–H groups in total. The predicted octanol–water partition coefficient (Wildman–Crippen LogP) is 2.15. The van der Waals surface area contributed by atoms with E-state index in [1.165, 1.54) is 18.4 Å². The summed E-state index contributed by atoms with van der Waals surface area (Å²) in [5, 5.41) is 0. The van der Waals surface area contributed by atoms with Gasteiger partial charge in [-0.05, 0) is 42.5 Å². The molecule has 2 nitrogen and oxygen atoms in total. The topological polar surface area (TPSA) is 35.2 Å². The van der Waals surface area contributed by atoms with Crippen LogP contribution in [-0.4, -0.2) is 7.11 Å². The van der Waals surface area contributed by atoms with Crippen LogP contribution in [0.5, 0.6) is 5.75 Å². The predicted molar refractivity (Wildman–Crippen MR) is 49.4 cm³/mol.